The van der Waals surface area contributed by atoms with E-state index < -0.39 is 6.10 Å². The zero-order valence-electron chi connectivity index (χ0n) is 7.15. The van der Waals surface area contributed by atoms with E-state index in [9.17, 15) is 5.11 Å². The Bertz CT molecular complexity index is 101. The van der Waals surface area contributed by atoms with Crippen molar-refractivity contribution in [3.8, 4) is 0 Å². The first-order valence-electron chi connectivity index (χ1n) is 4.04. The summed E-state index contributed by atoms with van der Waals surface area (Å²) in [5, 5.41) is 17.6. The molecule has 0 aliphatic heterocycles. The number of aliphatic hydroxyl groups is 2. The van der Waals surface area contributed by atoms with Crippen molar-refractivity contribution in [2.75, 3.05) is 19.8 Å². The maximum absolute atomic E-state index is 9.21. The number of hydrogen-bond donors (Lipinski definition) is 4. The zero-order valence-corrected chi connectivity index (χ0v) is 7.15. The van der Waals surface area contributed by atoms with Gasteiger partial charge < -0.3 is 26.4 Å². The van der Waals surface area contributed by atoms with Crippen molar-refractivity contribution in [1.82, 2.24) is 0 Å². The van der Waals surface area contributed by atoms with E-state index in [0.29, 0.717) is 12.8 Å². The fourth-order valence-corrected chi connectivity index (χ4v) is 0.752. The monoisotopic (exact) mass is 178 g/mol. The van der Waals surface area contributed by atoms with Crippen molar-refractivity contribution in [2.24, 2.45) is 11.5 Å². The maximum atomic E-state index is 9.21. The first-order chi connectivity index (χ1) is 5.66. The van der Waals surface area contributed by atoms with Crippen molar-refractivity contribution in [2.45, 2.75) is 25.1 Å². The number of nitrogens with two attached hydrogens (primary N) is 2. The summed E-state index contributed by atoms with van der Waals surface area (Å²) in [7, 11) is 0. The molecule has 0 aromatic heterocycles. The lowest BCUT2D eigenvalue weighted by atomic mass is 10.2. The third kappa shape index (κ3) is 7.90. The molecule has 1 atom stereocenters. The molecule has 0 bridgehead atoms. The highest BCUT2D eigenvalue weighted by Crippen LogP contribution is 1.97. The maximum Gasteiger partial charge on any atom is 0.0774 e. The van der Waals surface area contributed by atoms with Gasteiger partial charge in [-0.2, -0.15) is 0 Å². The van der Waals surface area contributed by atoms with Gasteiger partial charge in [-0.3, -0.25) is 0 Å². The molecule has 0 aromatic rings. The standard InChI is InChI=1S/C7H18N2O3/c8-7(9)2-1-6(11)5-12-4-3-10/h6-7,10-11H,1-5,8-9H2. The van der Waals surface area contributed by atoms with Crippen LogP contribution in [0.1, 0.15) is 12.8 Å². The first kappa shape index (κ1) is 11.8. The molecule has 0 amide bonds. The van der Waals surface area contributed by atoms with Gasteiger partial charge in [0.2, 0.25) is 0 Å². The number of ether oxygens (including phenoxy) is 1. The van der Waals surface area contributed by atoms with Gasteiger partial charge in [0.25, 0.3) is 0 Å². The molecule has 0 rings (SSSR count). The fourth-order valence-electron chi connectivity index (χ4n) is 0.752. The Balaban J connectivity index is 3.15. The molecule has 6 N–H and O–H groups in total. The lowest BCUT2D eigenvalue weighted by molar-refractivity contribution is 0.0166. The van der Waals surface area contributed by atoms with Crippen LogP contribution in [0.5, 0.6) is 0 Å². The molecule has 0 saturated carbocycles. The highest BCUT2D eigenvalue weighted by Gasteiger charge is 2.05. The van der Waals surface area contributed by atoms with Gasteiger partial charge >= 0.3 is 0 Å². The smallest absolute Gasteiger partial charge is 0.0774 e. The van der Waals surface area contributed by atoms with E-state index in [1.54, 1.807) is 0 Å². The van der Waals surface area contributed by atoms with Crippen LogP contribution in [0.15, 0.2) is 0 Å². The molecule has 74 valence electrons. The first-order valence-corrected chi connectivity index (χ1v) is 4.04. The zero-order chi connectivity index (χ0) is 9.40. The molecule has 0 heterocycles. The molecule has 5 nitrogen and oxygen atoms in total. The summed E-state index contributed by atoms with van der Waals surface area (Å²) in [5.74, 6) is 0. The molecule has 0 aliphatic carbocycles. The van der Waals surface area contributed by atoms with Gasteiger partial charge in [0.05, 0.1) is 32.1 Å². The molecular formula is C7H18N2O3. The van der Waals surface area contributed by atoms with Crippen LogP contribution in [0.2, 0.25) is 0 Å². The van der Waals surface area contributed by atoms with E-state index in [2.05, 4.69) is 0 Å². The van der Waals surface area contributed by atoms with Crippen molar-refractivity contribution < 1.29 is 14.9 Å². The molecule has 0 aliphatic rings. The summed E-state index contributed by atoms with van der Waals surface area (Å²) in [5.41, 5.74) is 10.6. The Morgan fingerprint density at radius 3 is 2.42 bits per heavy atom. The van der Waals surface area contributed by atoms with Gasteiger partial charge in [-0.05, 0) is 12.8 Å². The van der Waals surface area contributed by atoms with Crippen LogP contribution in [0.3, 0.4) is 0 Å². The molecule has 12 heavy (non-hydrogen) atoms. The second-order valence-corrected chi connectivity index (χ2v) is 2.69. The predicted octanol–water partition coefficient (Wildman–Crippen LogP) is -1.62. The van der Waals surface area contributed by atoms with E-state index in [4.69, 9.17) is 21.3 Å². The summed E-state index contributed by atoms with van der Waals surface area (Å²) < 4.78 is 4.90. The van der Waals surface area contributed by atoms with E-state index in [1.165, 1.54) is 0 Å². The van der Waals surface area contributed by atoms with Gasteiger partial charge in [-0.25, -0.2) is 0 Å². The van der Waals surface area contributed by atoms with Crippen LogP contribution >= 0.6 is 0 Å². The third-order valence-electron chi connectivity index (χ3n) is 1.38. The average Bonchev–Trinajstić information content (AvgIpc) is 2.01. The minimum absolute atomic E-state index is 0.0247. The molecule has 0 fully saturated rings. The van der Waals surface area contributed by atoms with Crippen LogP contribution in [-0.2, 0) is 4.74 Å². The summed E-state index contributed by atoms with van der Waals surface area (Å²) in [6.45, 7) is 0.460. The quantitative estimate of drug-likeness (QED) is 0.277. The molecule has 5 heteroatoms. The van der Waals surface area contributed by atoms with Crippen LogP contribution in [0, 0.1) is 0 Å². The van der Waals surface area contributed by atoms with E-state index in [1.807, 2.05) is 0 Å². The Kier molecular flexibility index (Phi) is 7.33. The van der Waals surface area contributed by atoms with E-state index >= 15 is 0 Å². The van der Waals surface area contributed by atoms with Crippen molar-refractivity contribution in [3.63, 3.8) is 0 Å². The third-order valence-corrected chi connectivity index (χ3v) is 1.38. The van der Waals surface area contributed by atoms with Crippen LogP contribution in [0.25, 0.3) is 0 Å². The van der Waals surface area contributed by atoms with Crippen LogP contribution < -0.4 is 11.5 Å². The summed E-state index contributed by atoms with van der Waals surface area (Å²) in [4.78, 5) is 0. The fraction of sp³-hybridized carbons (Fsp3) is 1.00. The van der Waals surface area contributed by atoms with Gasteiger partial charge in [0, 0.05) is 0 Å². The lowest BCUT2D eigenvalue weighted by Crippen LogP contribution is -2.32. The summed E-state index contributed by atoms with van der Waals surface area (Å²) in [6.07, 6.45) is 0.191. The highest BCUT2D eigenvalue weighted by molar-refractivity contribution is 4.58. The SMILES string of the molecule is NC(N)CCC(O)COCCO. The van der Waals surface area contributed by atoms with Crippen LogP contribution in [-0.4, -0.2) is 42.3 Å². The Morgan fingerprint density at radius 1 is 1.25 bits per heavy atom. The van der Waals surface area contributed by atoms with Gasteiger partial charge in [-0.1, -0.05) is 0 Å². The number of rotatable bonds is 7. The largest absolute Gasteiger partial charge is 0.394 e. The average molecular weight is 178 g/mol. The van der Waals surface area contributed by atoms with Crippen molar-refractivity contribution >= 4 is 0 Å². The number of aliphatic hydroxyl groups excluding tert-OH is 2. The topological polar surface area (TPSA) is 102 Å². The van der Waals surface area contributed by atoms with Crippen LogP contribution in [0.4, 0.5) is 0 Å². The molecule has 0 aromatic carbocycles. The minimum atomic E-state index is -0.536. The second kappa shape index (κ2) is 7.45. The highest BCUT2D eigenvalue weighted by atomic mass is 16.5. The summed E-state index contributed by atoms with van der Waals surface area (Å²) >= 11 is 0. The van der Waals surface area contributed by atoms with Crippen molar-refractivity contribution in [1.29, 1.82) is 0 Å². The predicted molar refractivity (Wildman–Crippen MR) is 45.3 cm³/mol. The number of hydrogen-bond acceptors (Lipinski definition) is 5. The van der Waals surface area contributed by atoms with Gasteiger partial charge in [0.1, 0.15) is 0 Å². The van der Waals surface area contributed by atoms with E-state index in [0.717, 1.165) is 0 Å². The second-order valence-electron chi connectivity index (χ2n) is 2.69. The summed E-state index contributed by atoms with van der Waals surface area (Å²) in [6, 6.07) is 0. The molecule has 0 saturated heterocycles. The molecule has 1 unspecified atom stereocenters. The van der Waals surface area contributed by atoms with E-state index in [-0.39, 0.29) is 26.0 Å². The molecule has 0 radical (unpaired) electrons. The van der Waals surface area contributed by atoms with Gasteiger partial charge in [0.15, 0.2) is 0 Å². The Hall–Kier alpha value is -0.200. The Labute approximate surface area is 72.3 Å². The molecule has 0 spiro atoms. The Morgan fingerprint density at radius 2 is 1.92 bits per heavy atom. The van der Waals surface area contributed by atoms with Crippen molar-refractivity contribution in [3.05, 3.63) is 0 Å². The molecular weight excluding hydrogens is 160 g/mol. The lowest BCUT2D eigenvalue weighted by Gasteiger charge is -2.11. The van der Waals surface area contributed by atoms with Gasteiger partial charge in [-0.15, -0.1) is 0 Å². The normalized spacial score (nSPS) is 13.8. The minimum Gasteiger partial charge on any atom is -0.394 e.